The maximum Gasteiger partial charge on any atom is 0.0181 e. The van der Waals surface area contributed by atoms with E-state index >= 15 is 0 Å². The SMILES string of the molecule is C[C@]12CCCC[C@H]1CCCN2. The van der Waals surface area contributed by atoms with Gasteiger partial charge in [0, 0.05) is 5.54 Å². The van der Waals surface area contributed by atoms with E-state index < -0.39 is 0 Å². The highest BCUT2D eigenvalue weighted by molar-refractivity contribution is 4.95. The molecule has 1 heterocycles. The molecule has 2 rings (SSSR count). The molecule has 1 heteroatoms. The van der Waals surface area contributed by atoms with Crippen LogP contribution in [0.5, 0.6) is 0 Å². The lowest BCUT2D eigenvalue weighted by atomic mass is 9.70. The van der Waals surface area contributed by atoms with Crippen molar-refractivity contribution in [2.45, 2.75) is 51.0 Å². The van der Waals surface area contributed by atoms with E-state index in [1.807, 2.05) is 0 Å². The number of nitrogens with one attached hydrogen (secondary N) is 1. The smallest absolute Gasteiger partial charge is 0.0181 e. The van der Waals surface area contributed by atoms with Crippen molar-refractivity contribution in [3.05, 3.63) is 0 Å². The molecule has 2 atom stereocenters. The van der Waals surface area contributed by atoms with E-state index in [-0.39, 0.29) is 0 Å². The van der Waals surface area contributed by atoms with Crippen LogP contribution in [0.1, 0.15) is 45.4 Å². The van der Waals surface area contributed by atoms with Crippen molar-refractivity contribution in [1.29, 1.82) is 0 Å². The molecule has 1 saturated carbocycles. The first-order valence-corrected chi connectivity index (χ1v) is 5.06. The molecule has 64 valence electrons. The summed E-state index contributed by atoms with van der Waals surface area (Å²) in [4.78, 5) is 0. The van der Waals surface area contributed by atoms with Gasteiger partial charge in [-0.1, -0.05) is 12.8 Å². The molecule has 0 spiro atoms. The number of fused-ring (bicyclic) bond motifs is 1. The summed E-state index contributed by atoms with van der Waals surface area (Å²) in [5, 5.41) is 3.70. The molecule has 1 saturated heterocycles. The van der Waals surface area contributed by atoms with Gasteiger partial charge in [-0.3, -0.25) is 0 Å². The zero-order chi connectivity index (χ0) is 7.73. The number of hydrogen-bond acceptors (Lipinski definition) is 1. The average Bonchev–Trinajstić information content (AvgIpc) is 2.03. The van der Waals surface area contributed by atoms with Gasteiger partial charge >= 0.3 is 0 Å². The van der Waals surface area contributed by atoms with Gasteiger partial charge in [-0.05, 0) is 45.1 Å². The molecule has 1 aliphatic carbocycles. The van der Waals surface area contributed by atoms with E-state index in [0.717, 1.165) is 5.92 Å². The van der Waals surface area contributed by atoms with Gasteiger partial charge < -0.3 is 5.32 Å². The van der Waals surface area contributed by atoms with E-state index in [4.69, 9.17) is 0 Å². The van der Waals surface area contributed by atoms with Gasteiger partial charge in [0.25, 0.3) is 0 Å². The van der Waals surface area contributed by atoms with E-state index in [2.05, 4.69) is 12.2 Å². The van der Waals surface area contributed by atoms with Gasteiger partial charge in [0.1, 0.15) is 0 Å². The molecular formula is C10H19N. The molecular weight excluding hydrogens is 134 g/mol. The van der Waals surface area contributed by atoms with Crippen molar-refractivity contribution < 1.29 is 0 Å². The third-order valence-corrected chi connectivity index (χ3v) is 3.66. The molecule has 2 fully saturated rings. The van der Waals surface area contributed by atoms with E-state index in [9.17, 15) is 0 Å². The number of rotatable bonds is 0. The maximum absolute atomic E-state index is 3.70. The van der Waals surface area contributed by atoms with Crippen molar-refractivity contribution in [2.24, 2.45) is 5.92 Å². The molecule has 1 nitrogen and oxygen atoms in total. The van der Waals surface area contributed by atoms with Crippen molar-refractivity contribution in [3.63, 3.8) is 0 Å². The van der Waals surface area contributed by atoms with Crippen LogP contribution in [0, 0.1) is 5.92 Å². The normalized spacial score (nSPS) is 45.0. The number of hydrogen-bond donors (Lipinski definition) is 1. The summed E-state index contributed by atoms with van der Waals surface area (Å²) in [5.74, 6) is 0.991. The van der Waals surface area contributed by atoms with Crippen LogP contribution in [0.15, 0.2) is 0 Å². The minimum Gasteiger partial charge on any atom is -0.311 e. The van der Waals surface area contributed by atoms with Gasteiger partial charge in [-0.15, -0.1) is 0 Å². The molecule has 11 heavy (non-hydrogen) atoms. The van der Waals surface area contributed by atoms with Crippen molar-refractivity contribution in [3.8, 4) is 0 Å². The van der Waals surface area contributed by atoms with E-state index in [0.29, 0.717) is 5.54 Å². The quantitative estimate of drug-likeness (QED) is 0.563. The summed E-state index contributed by atoms with van der Waals surface area (Å²) in [6.07, 6.45) is 8.69. The lowest BCUT2D eigenvalue weighted by molar-refractivity contribution is 0.120. The summed E-state index contributed by atoms with van der Waals surface area (Å²) in [7, 11) is 0. The van der Waals surface area contributed by atoms with Gasteiger partial charge in [-0.25, -0.2) is 0 Å². The topological polar surface area (TPSA) is 12.0 Å². The van der Waals surface area contributed by atoms with Crippen LogP contribution >= 0.6 is 0 Å². The Morgan fingerprint density at radius 3 is 2.82 bits per heavy atom. The molecule has 1 aliphatic heterocycles. The lowest BCUT2D eigenvalue weighted by Gasteiger charge is -2.45. The molecule has 0 radical (unpaired) electrons. The minimum absolute atomic E-state index is 0.524. The van der Waals surface area contributed by atoms with E-state index in [1.54, 1.807) is 0 Å². The van der Waals surface area contributed by atoms with Crippen molar-refractivity contribution in [2.75, 3.05) is 6.54 Å². The van der Waals surface area contributed by atoms with Gasteiger partial charge in [-0.2, -0.15) is 0 Å². The zero-order valence-electron chi connectivity index (χ0n) is 7.53. The second kappa shape index (κ2) is 2.78. The van der Waals surface area contributed by atoms with Crippen molar-refractivity contribution in [1.82, 2.24) is 5.32 Å². The average molecular weight is 153 g/mol. The first-order valence-electron chi connectivity index (χ1n) is 5.06. The van der Waals surface area contributed by atoms with Gasteiger partial charge in [0.05, 0.1) is 0 Å². The standard InChI is InChI=1S/C10H19N/c1-10-7-3-2-5-9(10)6-4-8-11-10/h9,11H,2-8H2,1H3/t9-,10-/m0/s1. The van der Waals surface area contributed by atoms with Crippen LogP contribution < -0.4 is 5.32 Å². The van der Waals surface area contributed by atoms with Crippen LogP contribution in [-0.2, 0) is 0 Å². The van der Waals surface area contributed by atoms with Crippen LogP contribution in [0.25, 0.3) is 0 Å². The summed E-state index contributed by atoms with van der Waals surface area (Å²) in [6.45, 7) is 3.68. The Morgan fingerprint density at radius 1 is 1.18 bits per heavy atom. The highest BCUT2D eigenvalue weighted by atomic mass is 15.0. The van der Waals surface area contributed by atoms with Gasteiger partial charge in [0.2, 0.25) is 0 Å². The summed E-state index contributed by atoms with van der Waals surface area (Å²) >= 11 is 0. The summed E-state index contributed by atoms with van der Waals surface area (Å²) < 4.78 is 0. The Bertz CT molecular complexity index is 130. The second-order valence-corrected chi connectivity index (χ2v) is 4.43. The molecule has 2 aliphatic rings. The van der Waals surface area contributed by atoms with E-state index in [1.165, 1.54) is 45.1 Å². The van der Waals surface area contributed by atoms with Crippen LogP contribution in [0.4, 0.5) is 0 Å². The lowest BCUT2D eigenvalue weighted by Crippen LogP contribution is -2.53. The monoisotopic (exact) mass is 153 g/mol. The van der Waals surface area contributed by atoms with Crippen LogP contribution in [0.2, 0.25) is 0 Å². The fraction of sp³-hybridized carbons (Fsp3) is 1.00. The second-order valence-electron chi connectivity index (χ2n) is 4.43. The summed E-state index contributed by atoms with van der Waals surface area (Å²) in [6, 6.07) is 0. The minimum atomic E-state index is 0.524. The van der Waals surface area contributed by atoms with Crippen LogP contribution in [0.3, 0.4) is 0 Å². The first kappa shape index (κ1) is 7.60. The maximum atomic E-state index is 3.70. The molecule has 0 aromatic rings. The molecule has 1 N–H and O–H groups in total. The first-order chi connectivity index (χ1) is 5.31. The Kier molecular flexibility index (Phi) is 1.92. The predicted octanol–water partition coefficient (Wildman–Crippen LogP) is 2.32. The fourth-order valence-electron chi connectivity index (χ4n) is 2.82. The largest absolute Gasteiger partial charge is 0.311 e. The zero-order valence-corrected chi connectivity index (χ0v) is 7.53. The molecule has 0 unspecified atom stereocenters. The summed E-state index contributed by atoms with van der Waals surface area (Å²) in [5.41, 5.74) is 0.524. The Labute approximate surface area is 69.6 Å². The highest BCUT2D eigenvalue weighted by Crippen LogP contribution is 2.38. The van der Waals surface area contributed by atoms with Gasteiger partial charge in [0.15, 0.2) is 0 Å². The Balaban J connectivity index is 2.06. The molecule has 0 aromatic heterocycles. The third-order valence-electron chi connectivity index (χ3n) is 3.66. The predicted molar refractivity (Wildman–Crippen MR) is 47.6 cm³/mol. The third kappa shape index (κ3) is 1.31. The van der Waals surface area contributed by atoms with Crippen molar-refractivity contribution >= 4 is 0 Å². The Hall–Kier alpha value is -0.0400. The van der Waals surface area contributed by atoms with Crippen LogP contribution in [-0.4, -0.2) is 12.1 Å². The fourth-order valence-corrected chi connectivity index (χ4v) is 2.82. The number of piperidine rings is 1. The molecule has 0 amide bonds. The molecule has 0 aromatic carbocycles. The highest BCUT2D eigenvalue weighted by Gasteiger charge is 2.37. The molecule has 0 bridgehead atoms. The Morgan fingerprint density at radius 2 is 2.00 bits per heavy atom.